The highest BCUT2D eigenvalue weighted by Gasteiger charge is 2.16. The van der Waals surface area contributed by atoms with Crippen LogP contribution >= 0.6 is 0 Å². The van der Waals surface area contributed by atoms with E-state index in [-0.39, 0.29) is 13.1 Å². The van der Waals surface area contributed by atoms with Gasteiger partial charge in [-0.1, -0.05) is 6.42 Å². The summed E-state index contributed by atoms with van der Waals surface area (Å²) in [5.74, 6) is -0.650. The Balaban J connectivity index is 2.07. The molecule has 30 heavy (non-hydrogen) atoms. The topological polar surface area (TPSA) is 188 Å². The third-order valence-corrected chi connectivity index (χ3v) is 4.54. The second-order valence-corrected chi connectivity index (χ2v) is 7.03. The molecule has 164 valence electrons. The number of amides is 2. The Morgan fingerprint density at radius 2 is 1.47 bits per heavy atom. The minimum Gasteiger partial charge on any atom is -0.480 e. The van der Waals surface area contributed by atoms with Crippen LogP contribution in [0, 0.1) is 0 Å². The standard InChI is InChI=1S/C18H28N8O4/c19-13(18(29)30)3-1-2-6-24(11-16-22-4-7-25(16)9-14(20)27)12-17-23-5-8-26(17)10-15(21)28/h4-5,7-8,13H,1-3,6,9-12,19H2,(H2,20,27)(H2,21,28)(H,29,30). The molecular weight excluding hydrogens is 392 g/mol. The number of carboxylic acids is 1. The van der Waals surface area contributed by atoms with Crippen LogP contribution in [0.4, 0.5) is 0 Å². The highest BCUT2D eigenvalue weighted by atomic mass is 16.4. The van der Waals surface area contributed by atoms with Gasteiger partial charge in [-0.2, -0.15) is 0 Å². The number of carbonyl (C=O) groups excluding carboxylic acids is 2. The summed E-state index contributed by atoms with van der Waals surface area (Å²) < 4.78 is 3.34. The van der Waals surface area contributed by atoms with Crippen LogP contribution in [-0.4, -0.2) is 59.5 Å². The predicted octanol–water partition coefficient (Wildman–Crippen LogP) is -1.37. The molecule has 0 saturated carbocycles. The van der Waals surface area contributed by atoms with Gasteiger partial charge in [0, 0.05) is 24.8 Å². The summed E-state index contributed by atoms with van der Waals surface area (Å²) in [4.78, 5) is 44.1. The van der Waals surface area contributed by atoms with Crippen molar-refractivity contribution in [1.29, 1.82) is 0 Å². The highest BCUT2D eigenvalue weighted by molar-refractivity contribution is 5.74. The first-order valence-corrected chi connectivity index (χ1v) is 9.53. The summed E-state index contributed by atoms with van der Waals surface area (Å²) >= 11 is 0. The fourth-order valence-corrected chi connectivity index (χ4v) is 3.04. The van der Waals surface area contributed by atoms with Gasteiger partial charge in [-0.25, -0.2) is 9.97 Å². The molecule has 2 aromatic rings. The van der Waals surface area contributed by atoms with Gasteiger partial charge in [-0.05, 0) is 19.4 Å². The van der Waals surface area contributed by atoms with Crippen molar-refractivity contribution in [2.45, 2.75) is 51.5 Å². The molecule has 7 N–H and O–H groups in total. The molecule has 1 unspecified atom stereocenters. The van der Waals surface area contributed by atoms with Gasteiger partial charge in [0.15, 0.2) is 0 Å². The van der Waals surface area contributed by atoms with Gasteiger partial charge in [0.05, 0.1) is 13.1 Å². The molecule has 2 heterocycles. The van der Waals surface area contributed by atoms with E-state index >= 15 is 0 Å². The van der Waals surface area contributed by atoms with Crippen LogP contribution in [0.2, 0.25) is 0 Å². The molecule has 2 aromatic heterocycles. The summed E-state index contributed by atoms with van der Waals surface area (Å²) in [7, 11) is 0. The molecule has 1 atom stereocenters. The number of imidazole rings is 2. The summed E-state index contributed by atoms with van der Waals surface area (Å²) in [5.41, 5.74) is 16.1. The monoisotopic (exact) mass is 420 g/mol. The van der Waals surface area contributed by atoms with Crippen LogP contribution in [0.3, 0.4) is 0 Å². The number of primary amides is 2. The smallest absolute Gasteiger partial charge is 0.320 e. The number of aromatic nitrogens is 4. The van der Waals surface area contributed by atoms with Crippen molar-refractivity contribution in [3.05, 3.63) is 36.4 Å². The number of nitrogens with zero attached hydrogens (tertiary/aromatic N) is 5. The van der Waals surface area contributed by atoms with Crippen molar-refractivity contribution < 1.29 is 19.5 Å². The van der Waals surface area contributed by atoms with E-state index in [1.54, 1.807) is 33.9 Å². The van der Waals surface area contributed by atoms with Crippen LogP contribution in [0.5, 0.6) is 0 Å². The number of rotatable bonds is 14. The van der Waals surface area contributed by atoms with E-state index in [2.05, 4.69) is 9.97 Å². The quantitative estimate of drug-likeness (QED) is 0.269. The van der Waals surface area contributed by atoms with E-state index in [0.717, 1.165) is 0 Å². The largest absolute Gasteiger partial charge is 0.480 e. The summed E-state index contributed by atoms with van der Waals surface area (Å²) in [5, 5.41) is 8.90. The molecule has 0 aliphatic carbocycles. The minimum absolute atomic E-state index is 0.0208. The fraction of sp³-hybridized carbons (Fsp3) is 0.500. The maximum absolute atomic E-state index is 11.3. The first-order chi connectivity index (χ1) is 14.3. The van der Waals surface area contributed by atoms with Crippen LogP contribution in [0.15, 0.2) is 24.8 Å². The maximum atomic E-state index is 11.3. The third kappa shape index (κ3) is 7.29. The van der Waals surface area contributed by atoms with Gasteiger partial charge in [0.25, 0.3) is 0 Å². The summed E-state index contributed by atoms with van der Waals surface area (Å²) in [6.45, 7) is 1.47. The number of hydrogen-bond donors (Lipinski definition) is 4. The van der Waals surface area contributed by atoms with Crippen LogP contribution in [-0.2, 0) is 40.6 Å². The van der Waals surface area contributed by atoms with Crippen molar-refractivity contribution in [3.63, 3.8) is 0 Å². The molecule has 0 aliphatic rings. The number of nitrogens with two attached hydrogens (primary N) is 3. The molecule has 0 bridgehead atoms. The van der Waals surface area contributed by atoms with E-state index in [1.807, 2.05) is 4.90 Å². The molecule has 2 rings (SSSR count). The Morgan fingerprint density at radius 1 is 0.967 bits per heavy atom. The number of aliphatic carboxylic acids is 1. The van der Waals surface area contributed by atoms with Gasteiger partial charge in [-0.3, -0.25) is 19.3 Å². The fourth-order valence-electron chi connectivity index (χ4n) is 3.04. The van der Waals surface area contributed by atoms with Gasteiger partial charge >= 0.3 is 5.97 Å². The van der Waals surface area contributed by atoms with Gasteiger partial charge in [0.2, 0.25) is 11.8 Å². The molecule has 2 amide bonds. The van der Waals surface area contributed by atoms with Crippen molar-refractivity contribution in [2.75, 3.05) is 6.54 Å². The highest BCUT2D eigenvalue weighted by Crippen LogP contribution is 2.11. The summed E-state index contributed by atoms with van der Waals surface area (Å²) in [6, 6.07) is -0.887. The number of carboxylic acid groups (broad SMARTS) is 1. The zero-order chi connectivity index (χ0) is 22.1. The molecule has 12 heteroatoms. The second kappa shape index (κ2) is 11.1. The van der Waals surface area contributed by atoms with E-state index in [0.29, 0.717) is 50.5 Å². The molecular formula is C18H28N8O4. The Hall–Kier alpha value is -3.25. The predicted molar refractivity (Wildman–Crippen MR) is 106 cm³/mol. The minimum atomic E-state index is -1.02. The number of unbranched alkanes of at least 4 members (excludes halogenated alkanes) is 1. The summed E-state index contributed by atoms with van der Waals surface area (Å²) in [6.07, 6.45) is 8.25. The Morgan fingerprint density at radius 3 is 1.90 bits per heavy atom. The first kappa shape index (κ1) is 23.0. The third-order valence-electron chi connectivity index (χ3n) is 4.54. The Labute approximate surface area is 173 Å². The second-order valence-electron chi connectivity index (χ2n) is 7.03. The lowest BCUT2D eigenvalue weighted by atomic mass is 10.1. The average Bonchev–Trinajstić information content (AvgIpc) is 3.27. The SMILES string of the molecule is NC(=O)Cn1ccnc1CN(CCCCC(N)C(=O)O)Cc1nccn1CC(N)=O. The van der Waals surface area contributed by atoms with Crippen LogP contribution in [0.1, 0.15) is 30.9 Å². The van der Waals surface area contributed by atoms with Crippen LogP contribution in [0.25, 0.3) is 0 Å². The van der Waals surface area contributed by atoms with Crippen molar-refractivity contribution in [3.8, 4) is 0 Å². The number of hydrogen-bond acceptors (Lipinski definition) is 7. The Bertz CT molecular complexity index is 806. The molecule has 0 aromatic carbocycles. The van der Waals surface area contributed by atoms with Gasteiger partial charge in [0.1, 0.15) is 30.8 Å². The lowest BCUT2D eigenvalue weighted by molar-refractivity contribution is -0.138. The number of carbonyl (C=O) groups is 3. The van der Waals surface area contributed by atoms with Crippen molar-refractivity contribution in [1.82, 2.24) is 24.0 Å². The van der Waals surface area contributed by atoms with E-state index in [9.17, 15) is 14.4 Å². The van der Waals surface area contributed by atoms with Crippen molar-refractivity contribution in [2.24, 2.45) is 17.2 Å². The molecule has 0 spiro atoms. The first-order valence-electron chi connectivity index (χ1n) is 9.53. The zero-order valence-electron chi connectivity index (χ0n) is 16.7. The zero-order valence-corrected chi connectivity index (χ0v) is 16.7. The molecule has 0 aliphatic heterocycles. The van der Waals surface area contributed by atoms with E-state index in [4.69, 9.17) is 22.3 Å². The molecule has 0 fully saturated rings. The molecule has 0 radical (unpaired) electrons. The lowest BCUT2D eigenvalue weighted by Gasteiger charge is -2.22. The Kier molecular flexibility index (Phi) is 8.50. The maximum Gasteiger partial charge on any atom is 0.320 e. The van der Waals surface area contributed by atoms with Gasteiger partial charge in [-0.15, -0.1) is 0 Å². The molecule has 12 nitrogen and oxygen atoms in total. The van der Waals surface area contributed by atoms with E-state index in [1.165, 1.54) is 0 Å². The average molecular weight is 420 g/mol. The van der Waals surface area contributed by atoms with E-state index < -0.39 is 23.8 Å². The molecule has 0 saturated heterocycles. The van der Waals surface area contributed by atoms with Gasteiger partial charge < -0.3 is 31.4 Å². The normalized spacial score (nSPS) is 12.2. The van der Waals surface area contributed by atoms with Crippen molar-refractivity contribution >= 4 is 17.8 Å². The van der Waals surface area contributed by atoms with Crippen LogP contribution < -0.4 is 17.2 Å². The lowest BCUT2D eigenvalue weighted by Crippen LogP contribution is -2.31.